The molecule has 2 nitrogen and oxygen atoms in total. The van der Waals surface area contributed by atoms with E-state index in [9.17, 15) is 9.18 Å². The van der Waals surface area contributed by atoms with Crippen molar-refractivity contribution in [2.24, 2.45) is 0 Å². The van der Waals surface area contributed by atoms with Gasteiger partial charge >= 0.3 is 0 Å². The van der Waals surface area contributed by atoms with E-state index in [1.807, 2.05) is 17.5 Å². The molecule has 94 valence electrons. The quantitative estimate of drug-likeness (QED) is 0.912. The highest BCUT2D eigenvalue weighted by atomic mass is 79.9. The highest BCUT2D eigenvalue weighted by Crippen LogP contribution is 2.19. The van der Waals surface area contributed by atoms with Crippen LogP contribution in [-0.2, 0) is 6.42 Å². The van der Waals surface area contributed by atoms with Crippen molar-refractivity contribution in [2.75, 3.05) is 6.54 Å². The van der Waals surface area contributed by atoms with E-state index in [-0.39, 0.29) is 5.56 Å². The van der Waals surface area contributed by atoms with Gasteiger partial charge < -0.3 is 5.32 Å². The Hall–Kier alpha value is -1.20. The molecule has 0 spiro atoms. The van der Waals surface area contributed by atoms with Crippen LogP contribution in [0.4, 0.5) is 4.39 Å². The summed E-state index contributed by atoms with van der Waals surface area (Å²) < 4.78 is 14.0. The average Bonchev–Trinajstić information content (AvgIpc) is 2.82. The van der Waals surface area contributed by atoms with Gasteiger partial charge in [-0.3, -0.25) is 4.79 Å². The summed E-state index contributed by atoms with van der Waals surface area (Å²) in [6, 6.07) is 8.46. The molecule has 0 unspecified atom stereocenters. The average molecular weight is 328 g/mol. The van der Waals surface area contributed by atoms with Gasteiger partial charge in [0.1, 0.15) is 5.82 Å². The Morgan fingerprint density at radius 1 is 1.33 bits per heavy atom. The van der Waals surface area contributed by atoms with Crippen molar-refractivity contribution in [3.63, 3.8) is 0 Å². The number of thiophene rings is 1. The van der Waals surface area contributed by atoms with Gasteiger partial charge in [0.2, 0.25) is 0 Å². The third-order valence-corrected chi connectivity index (χ3v) is 4.02. The SMILES string of the molecule is O=C(NCCc1cccs1)c1c(F)cccc1Br. The van der Waals surface area contributed by atoms with Crippen LogP contribution in [0, 0.1) is 5.82 Å². The van der Waals surface area contributed by atoms with Gasteiger partial charge in [0.15, 0.2) is 0 Å². The second-order valence-electron chi connectivity index (χ2n) is 3.68. The topological polar surface area (TPSA) is 29.1 Å². The number of rotatable bonds is 4. The predicted molar refractivity (Wildman–Crippen MR) is 74.5 cm³/mol. The molecular formula is C13H11BrFNOS. The molecule has 0 radical (unpaired) electrons. The molecule has 0 fully saturated rings. The number of hydrogen-bond acceptors (Lipinski definition) is 2. The Morgan fingerprint density at radius 2 is 2.17 bits per heavy atom. The molecule has 0 aliphatic heterocycles. The van der Waals surface area contributed by atoms with Gasteiger partial charge in [-0.25, -0.2) is 4.39 Å². The lowest BCUT2D eigenvalue weighted by molar-refractivity contribution is 0.0949. The summed E-state index contributed by atoms with van der Waals surface area (Å²) in [5.41, 5.74) is 0.0590. The number of carbonyl (C=O) groups excluding carboxylic acids is 1. The zero-order valence-corrected chi connectivity index (χ0v) is 11.9. The zero-order valence-electron chi connectivity index (χ0n) is 9.45. The maximum Gasteiger partial charge on any atom is 0.255 e. The van der Waals surface area contributed by atoms with Crippen LogP contribution in [0.2, 0.25) is 0 Å². The van der Waals surface area contributed by atoms with Crippen molar-refractivity contribution in [1.29, 1.82) is 0 Å². The largest absolute Gasteiger partial charge is 0.352 e. The normalized spacial score (nSPS) is 10.3. The number of benzene rings is 1. The first kappa shape index (κ1) is 13.2. The van der Waals surface area contributed by atoms with Crippen LogP contribution >= 0.6 is 27.3 Å². The second kappa shape index (κ2) is 6.11. The van der Waals surface area contributed by atoms with Crippen LogP contribution < -0.4 is 5.32 Å². The smallest absolute Gasteiger partial charge is 0.255 e. The van der Waals surface area contributed by atoms with E-state index in [1.165, 1.54) is 10.9 Å². The van der Waals surface area contributed by atoms with Gasteiger partial charge in [0.25, 0.3) is 5.91 Å². The fourth-order valence-electron chi connectivity index (χ4n) is 1.56. The van der Waals surface area contributed by atoms with E-state index in [0.29, 0.717) is 11.0 Å². The Labute approximate surface area is 117 Å². The molecule has 1 amide bonds. The maximum atomic E-state index is 13.5. The molecule has 0 saturated heterocycles. The summed E-state index contributed by atoms with van der Waals surface area (Å²) >= 11 is 4.82. The van der Waals surface area contributed by atoms with Crippen LogP contribution in [-0.4, -0.2) is 12.5 Å². The molecule has 0 saturated carbocycles. The molecule has 1 aromatic heterocycles. The van der Waals surface area contributed by atoms with E-state index in [4.69, 9.17) is 0 Å². The van der Waals surface area contributed by atoms with Crippen LogP contribution in [0.3, 0.4) is 0 Å². The molecule has 2 aromatic rings. The lowest BCUT2D eigenvalue weighted by atomic mass is 10.2. The first-order valence-corrected chi connectivity index (χ1v) is 7.10. The molecule has 0 aliphatic carbocycles. The standard InChI is InChI=1S/C13H11BrFNOS/c14-10-4-1-5-11(15)12(10)13(17)16-7-6-9-3-2-8-18-9/h1-5,8H,6-7H2,(H,16,17). The Morgan fingerprint density at radius 3 is 2.83 bits per heavy atom. The van der Waals surface area contributed by atoms with E-state index in [2.05, 4.69) is 21.2 Å². The van der Waals surface area contributed by atoms with Gasteiger partial charge in [0.05, 0.1) is 5.56 Å². The summed E-state index contributed by atoms with van der Waals surface area (Å²) in [7, 11) is 0. The highest BCUT2D eigenvalue weighted by Gasteiger charge is 2.14. The second-order valence-corrected chi connectivity index (χ2v) is 5.57. The van der Waals surface area contributed by atoms with Gasteiger partial charge in [-0.15, -0.1) is 11.3 Å². The molecule has 18 heavy (non-hydrogen) atoms. The van der Waals surface area contributed by atoms with Crippen molar-refractivity contribution in [3.05, 3.63) is 56.4 Å². The molecule has 2 rings (SSSR count). The van der Waals surface area contributed by atoms with Crippen LogP contribution in [0.15, 0.2) is 40.2 Å². The fourth-order valence-corrected chi connectivity index (χ4v) is 2.79. The minimum Gasteiger partial charge on any atom is -0.352 e. The summed E-state index contributed by atoms with van der Waals surface area (Å²) in [6.45, 7) is 0.500. The summed E-state index contributed by atoms with van der Waals surface area (Å²) in [4.78, 5) is 13.0. The van der Waals surface area contributed by atoms with Crippen molar-refractivity contribution < 1.29 is 9.18 Å². The Bertz CT molecular complexity index is 522. The van der Waals surface area contributed by atoms with Gasteiger partial charge in [-0.1, -0.05) is 12.1 Å². The molecule has 0 atom stereocenters. The molecule has 5 heteroatoms. The molecular weight excluding hydrogens is 317 g/mol. The van der Waals surface area contributed by atoms with Crippen molar-refractivity contribution >= 4 is 33.2 Å². The van der Waals surface area contributed by atoms with Crippen LogP contribution in [0.25, 0.3) is 0 Å². The van der Waals surface area contributed by atoms with Crippen LogP contribution in [0.1, 0.15) is 15.2 Å². The van der Waals surface area contributed by atoms with E-state index < -0.39 is 11.7 Å². The molecule has 1 heterocycles. The lowest BCUT2D eigenvalue weighted by Crippen LogP contribution is -2.26. The van der Waals surface area contributed by atoms with Crippen LogP contribution in [0.5, 0.6) is 0 Å². The van der Waals surface area contributed by atoms with Crippen molar-refractivity contribution in [1.82, 2.24) is 5.32 Å². The summed E-state index contributed by atoms with van der Waals surface area (Å²) in [5, 5.41) is 4.71. The highest BCUT2D eigenvalue weighted by molar-refractivity contribution is 9.10. The lowest BCUT2D eigenvalue weighted by Gasteiger charge is -2.07. The third kappa shape index (κ3) is 3.17. The summed E-state index contributed by atoms with van der Waals surface area (Å²) in [6.07, 6.45) is 0.759. The number of nitrogens with one attached hydrogen (secondary N) is 1. The van der Waals surface area contributed by atoms with Gasteiger partial charge in [-0.2, -0.15) is 0 Å². The van der Waals surface area contributed by atoms with Gasteiger partial charge in [0, 0.05) is 15.9 Å². The predicted octanol–water partition coefficient (Wildman–Crippen LogP) is 3.62. The number of halogens is 2. The summed E-state index contributed by atoms with van der Waals surface area (Å²) in [5.74, 6) is -0.908. The fraction of sp³-hybridized carbons (Fsp3) is 0.154. The number of hydrogen-bond donors (Lipinski definition) is 1. The molecule has 0 aliphatic rings. The van der Waals surface area contributed by atoms with Crippen molar-refractivity contribution in [2.45, 2.75) is 6.42 Å². The molecule has 0 bridgehead atoms. The van der Waals surface area contributed by atoms with Gasteiger partial charge in [-0.05, 0) is 45.9 Å². The minimum atomic E-state index is -0.516. The number of amides is 1. The monoisotopic (exact) mass is 327 g/mol. The zero-order chi connectivity index (χ0) is 13.0. The Balaban J connectivity index is 1.96. The number of carbonyl (C=O) groups is 1. The van der Waals surface area contributed by atoms with E-state index in [1.54, 1.807) is 23.5 Å². The first-order chi connectivity index (χ1) is 8.68. The van der Waals surface area contributed by atoms with E-state index in [0.717, 1.165) is 6.42 Å². The maximum absolute atomic E-state index is 13.5. The minimum absolute atomic E-state index is 0.0590. The molecule has 1 N–H and O–H groups in total. The third-order valence-electron chi connectivity index (χ3n) is 2.43. The Kier molecular flexibility index (Phi) is 4.49. The first-order valence-electron chi connectivity index (χ1n) is 5.43. The van der Waals surface area contributed by atoms with Crippen molar-refractivity contribution in [3.8, 4) is 0 Å². The molecule has 1 aromatic carbocycles. The van der Waals surface area contributed by atoms with E-state index >= 15 is 0 Å².